The number of hydrogen-bond donors (Lipinski definition) is 0. The van der Waals surface area contributed by atoms with Crippen LogP contribution in [-0.2, 0) is 9.59 Å². The molecular formula is C8H15NO2S. The van der Waals surface area contributed by atoms with Crippen molar-refractivity contribution in [3.63, 3.8) is 0 Å². The molecule has 0 rings (SSSR count). The molecule has 0 heterocycles. The van der Waals surface area contributed by atoms with Gasteiger partial charge in [-0.25, -0.2) is 0 Å². The zero-order valence-corrected chi connectivity index (χ0v) is 8.56. The summed E-state index contributed by atoms with van der Waals surface area (Å²) in [7, 11) is 3.41. The van der Waals surface area contributed by atoms with Crippen molar-refractivity contribution in [1.29, 1.82) is 0 Å². The molecule has 1 unspecified atom stereocenters. The van der Waals surface area contributed by atoms with Crippen molar-refractivity contribution in [2.75, 3.05) is 19.8 Å². The minimum Gasteiger partial charge on any atom is -0.348 e. The van der Waals surface area contributed by atoms with Crippen LogP contribution in [0.5, 0.6) is 0 Å². The average Bonchev–Trinajstić information content (AvgIpc) is 2.03. The summed E-state index contributed by atoms with van der Waals surface area (Å²) >= 11 is 1.51. The van der Waals surface area contributed by atoms with Gasteiger partial charge in [-0.2, -0.15) is 0 Å². The van der Waals surface area contributed by atoms with Gasteiger partial charge in [-0.15, -0.1) is 11.8 Å². The molecule has 0 aliphatic heterocycles. The van der Waals surface area contributed by atoms with Crippen LogP contribution in [-0.4, -0.2) is 42.2 Å². The fourth-order valence-electron chi connectivity index (χ4n) is 0.817. The average molecular weight is 189 g/mol. The SMILES string of the molecule is CCSC(CC=O)C(=O)N(C)C. The van der Waals surface area contributed by atoms with E-state index in [1.54, 1.807) is 14.1 Å². The smallest absolute Gasteiger partial charge is 0.235 e. The standard InChI is InChI=1S/C8H15NO2S/c1-4-12-7(5-6-10)8(11)9(2)3/h6-7H,4-5H2,1-3H3. The van der Waals surface area contributed by atoms with Crippen LogP contribution < -0.4 is 0 Å². The van der Waals surface area contributed by atoms with Gasteiger partial charge in [0.2, 0.25) is 5.91 Å². The van der Waals surface area contributed by atoms with E-state index in [0.29, 0.717) is 6.42 Å². The molecule has 4 heteroatoms. The molecule has 1 atom stereocenters. The van der Waals surface area contributed by atoms with Crippen molar-refractivity contribution in [3.05, 3.63) is 0 Å². The highest BCUT2D eigenvalue weighted by Crippen LogP contribution is 2.14. The molecule has 70 valence electrons. The molecule has 0 bridgehead atoms. The molecule has 12 heavy (non-hydrogen) atoms. The normalized spacial score (nSPS) is 12.2. The van der Waals surface area contributed by atoms with Crippen molar-refractivity contribution in [3.8, 4) is 0 Å². The number of thioether (sulfide) groups is 1. The summed E-state index contributed by atoms with van der Waals surface area (Å²) in [5.41, 5.74) is 0. The molecule has 1 amide bonds. The molecule has 0 aromatic rings. The first-order valence-corrected chi connectivity index (χ1v) is 4.94. The van der Waals surface area contributed by atoms with Crippen LogP contribution in [0.2, 0.25) is 0 Å². The lowest BCUT2D eigenvalue weighted by atomic mass is 10.3. The van der Waals surface area contributed by atoms with E-state index in [-0.39, 0.29) is 11.2 Å². The zero-order chi connectivity index (χ0) is 9.56. The zero-order valence-electron chi connectivity index (χ0n) is 7.74. The second-order valence-electron chi connectivity index (χ2n) is 2.58. The van der Waals surface area contributed by atoms with Crippen LogP contribution in [0.15, 0.2) is 0 Å². The number of rotatable bonds is 5. The van der Waals surface area contributed by atoms with Gasteiger partial charge in [0.25, 0.3) is 0 Å². The highest BCUT2D eigenvalue weighted by molar-refractivity contribution is 8.00. The van der Waals surface area contributed by atoms with E-state index < -0.39 is 0 Å². The Morgan fingerprint density at radius 3 is 2.50 bits per heavy atom. The highest BCUT2D eigenvalue weighted by Gasteiger charge is 2.18. The lowest BCUT2D eigenvalue weighted by Gasteiger charge is -2.17. The molecule has 0 radical (unpaired) electrons. The van der Waals surface area contributed by atoms with Crippen molar-refractivity contribution < 1.29 is 9.59 Å². The van der Waals surface area contributed by atoms with Crippen LogP contribution in [0.1, 0.15) is 13.3 Å². The van der Waals surface area contributed by atoms with Gasteiger partial charge < -0.3 is 9.69 Å². The maximum Gasteiger partial charge on any atom is 0.235 e. The van der Waals surface area contributed by atoms with E-state index in [4.69, 9.17) is 0 Å². The van der Waals surface area contributed by atoms with Gasteiger partial charge in [-0.05, 0) is 5.75 Å². The third-order valence-corrected chi connectivity index (χ3v) is 2.52. The van der Waals surface area contributed by atoms with Crippen molar-refractivity contribution >= 4 is 24.0 Å². The Morgan fingerprint density at radius 2 is 2.17 bits per heavy atom. The molecule has 0 N–H and O–H groups in total. The van der Waals surface area contributed by atoms with E-state index in [0.717, 1.165) is 12.0 Å². The molecule has 0 aliphatic rings. The van der Waals surface area contributed by atoms with Crippen molar-refractivity contribution in [2.24, 2.45) is 0 Å². The number of hydrogen-bond acceptors (Lipinski definition) is 3. The Balaban J connectivity index is 4.08. The number of carbonyl (C=O) groups is 2. The second-order valence-corrected chi connectivity index (χ2v) is 4.06. The summed E-state index contributed by atoms with van der Waals surface area (Å²) in [6, 6.07) is 0. The van der Waals surface area contributed by atoms with Gasteiger partial charge in [0.1, 0.15) is 6.29 Å². The van der Waals surface area contributed by atoms with E-state index in [1.807, 2.05) is 6.92 Å². The van der Waals surface area contributed by atoms with E-state index in [1.165, 1.54) is 16.7 Å². The predicted octanol–water partition coefficient (Wildman–Crippen LogP) is 0.785. The van der Waals surface area contributed by atoms with E-state index >= 15 is 0 Å². The maximum atomic E-state index is 11.4. The first kappa shape index (κ1) is 11.5. The largest absolute Gasteiger partial charge is 0.348 e. The number of nitrogens with zero attached hydrogens (tertiary/aromatic N) is 1. The Bertz CT molecular complexity index is 159. The lowest BCUT2D eigenvalue weighted by molar-refractivity contribution is -0.129. The van der Waals surface area contributed by atoms with Crippen LogP contribution in [0.25, 0.3) is 0 Å². The highest BCUT2D eigenvalue weighted by atomic mass is 32.2. The van der Waals surface area contributed by atoms with E-state index in [9.17, 15) is 9.59 Å². The van der Waals surface area contributed by atoms with Crippen LogP contribution in [0.3, 0.4) is 0 Å². The maximum absolute atomic E-state index is 11.4. The number of carbonyl (C=O) groups excluding carboxylic acids is 2. The molecule has 0 aliphatic carbocycles. The minimum absolute atomic E-state index is 0.0222. The molecule has 3 nitrogen and oxygen atoms in total. The van der Waals surface area contributed by atoms with E-state index in [2.05, 4.69) is 0 Å². The van der Waals surface area contributed by atoms with Gasteiger partial charge in [0, 0.05) is 20.5 Å². The minimum atomic E-state index is -0.192. The quantitative estimate of drug-likeness (QED) is 0.600. The molecule has 0 fully saturated rings. The summed E-state index contributed by atoms with van der Waals surface area (Å²) < 4.78 is 0. The van der Waals surface area contributed by atoms with Crippen LogP contribution >= 0.6 is 11.8 Å². The summed E-state index contributed by atoms with van der Waals surface area (Å²) in [6.45, 7) is 1.98. The molecule has 0 aromatic heterocycles. The first-order valence-electron chi connectivity index (χ1n) is 3.89. The topological polar surface area (TPSA) is 37.4 Å². The third kappa shape index (κ3) is 3.76. The van der Waals surface area contributed by atoms with Crippen LogP contribution in [0.4, 0.5) is 0 Å². The summed E-state index contributed by atoms with van der Waals surface area (Å²) in [5, 5.41) is -0.192. The molecule has 0 saturated heterocycles. The Kier molecular flexibility index (Phi) is 5.80. The second kappa shape index (κ2) is 6.06. The molecular weight excluding hydrogens is 174 g/mol. The van der Waals surface area contributed by atoms with Gasteiger partial charge in [0.15, 0.2) is 0 Å². The predicted molar refractivity (Wildman–Crippen MR) is 51.3 cm³/mol. The monoisotopic (exact) mass is 189 g/mol. The molecule has 0 spiro atoms. The summed E-state index contributed by atoms with van der Waals surface area (Å²) in [5.74, 6) is 0.881. The lowest BCUT2D eigenvalue weighted by Crippen LogP contribution is -2.32. The summed E-state index contributed by atoms with van der Waals surface area (Å²) in [4.78, 5) is 23.1. The van der Waals surface area contributed by atoms with Crippen molar-refractivity contribution in [2.45, 2.75) is 18.6 Å². The van der Waals surface area contributed by atoms with Gasteiger partial charge in [-0.1, -0.05) is 6.92 Å². The number of aldehydes is 1. The first-order chi connectivity index (χ1) is 5.63. The Morgan fingerprint density at radius 1 is 1.58 bits per heavy atom. The van der Waals surface area contributed by atoms with Crippen LogP contribution in [0, 0.1) is 0 Å². The number of amides is 1. The fraction of sp³-hybridized carbons (Fsp3) is 0.750. The van der Waals surface area contributed by atoms with Gasteiger partial charge >= 0.3 is 0 Å². The Labute approximate surface area is 77.5 Å². The summed E-state index contributed by atoms with van der Waals surface area (Å²) in [6.07, 6.45) is 1.12. The Hall–Kier alpha value is -0.510. The molecule has 0 saturated carbocycles. The van der Waals surface area contributed by atoms with Gasteiger partial charge in [0.05, 0.1) is 5.25 Å². The third-order valence-electron chi connectivity index (χ3n) is 1.39. The molecule has 0 aromatic carbocycles. The fourth-order valence-corrected chi connectivity index (χ4v) is 1.79. The van der Waals surface area contributed by atoms with Gasteiger partial charge in [-0.3, -0.25) is 4.79 Å². The van der Waals surface area contributed by atoms with Crippen molar-refractivity contribution in [1.82, 2.24) is 4.90 Å².